The van der Waals surface area contributed by atoms with E-state index < -0.39 is 66.3 Å². The van der Waals surface area contributed by atoms with Gasteiger partial charge in [-0.2, -0.15) is 0 Å². The van der Waals surface area contributed by atoms with Gasteiger partial charge in [-0.05, 0) is 138 Å². The molecule has 8 atom stereocenters. The molecule has 1 unspecified atom stereocenters. The molecular weight excluding hydrogens is 761 g/mol. The van der Waals surface area contributed by atoms with E-state index in [0.717, 1.165) is 24.0 Å². The predicted molar refractivity (Wildman–Crippen MR) is 224 cm³/mol. The fourth-order valence-corrected chi connectivity index (χ4v) is 8.81. The number of unbranched alkanes of at least 4 members (excludes halogenated alkanes) is 2. The minimum atomic E-state index is -1.03. The summed E-state index contributed by atoms with van der Waals surface area (Å²) in [6.45, 7) is 10.5. The monoisotopic (exact) mass is 821 g/mol. The zero-order valence-corrected chi connectivity index (χ0v) is 35.2. The molecule has 0 spiro atoms. The smallest absolute Gasteiger partial charge is 0.404 e. The first-order chi connectivity index (χ1) is 27.6. The Hall–Kier alpha value is -4.02. The van der Waals surface area contributed by atoms with Gasteiger partial charge in [0.05, 0.1) is 24.2 Å². The fraction of sp³-hybridized carbons (Fsp3) is 0.595. The number of benzene rings is 2. The van der Waals surface area contributed by atoms with Crippen LogP contribution < -0.4 is 38.1 Å². The molecular formula is C42H61BClN7O7. The topological polar surface area (TPSA) is 216 Å². The quantitative estimate of drug-likeness (QED) is 0.0770. The van der Waals surface area contributed by atoms with Crippen LogP contribution in [0, 0.1) is 17.3 Å². The first-order valence-corrected chi connectivity index (χ1v) is 21.0. The Morgan fingerprint density at radius 3 is 1.93 bits per heavy atom. The lowest BCUT2D eigenvalue weighted by atomic mass is 9.43. The molecule has 4 fully saturated rings. The highest BCUT2D eigenvalue weighted by molar-refractivity contribution is 6.47. The molecule has 3 saturated carbocycles. The molecule has 1 heterocycles. The molecule has 1 saturated heterocycles. The second-order valence-corrected chi connectivity index (χ2v) is 17.3. The van der Waals surface area contributed by atoms with Gasteiger partial charge in [0, 0.05) is 10.6 Å². The summed E-state index contributed by atoms with van der Waals surface area (Å²) in [4.78, 5) is 66.6. The number of carbonyl (C=O) groups is 5. The Bertz CT molecular complexity index is 1770. The predicted octanol–water partition coefficient (Wildman–Crippen LogP) is 3.24. The number of halogens is 1. The molecule has 1 aliphatic heterocycles. The highest BCUT2D eigenvalue weighted by atomic mass is 35.5. The van der Waals surface area contributed by atoms with E-state index in [0.29, 0.717) is 67.6 Å². The molecule has 14 nitrogen and oxygen atoms in total. The molecule has 2 aromatic carbocycles. The van der Waals surface area contributed by atoms with E-state index in [9.17, 15) is 24.0 Å². The van der Waals surface area contributed by atoms with Crippen molar-refractivity contribution in [3.8, 4) is 11.1 Å². The molecule has 16 heteroatoms. The third-order valence-electron chi connectivity index (χ3n) is 12.4. The highest BCUT2D eigenvalue weighted by Crippen LogP contribution is 2.65. The third-order valence-corrected chi connectivity index (χ3v) is 12.7. The maximum Gasteiger partial charge on any atom is 0.481 e. The van der Waals surface area contributed by atoms with E-state index in [4.69, 9.17) is 32.4 Å². The van der Waals surface area contributed by atoms with Crippen LogP contribution in [0.5, 0.6) is 0 Å². The second kappa shape index (κ2) is 19.8. The van der Waals surface area contributed by atoms with E-state index in [-0.39, 0.29) is 24.5 Å². The summed E-state index contributed by atoms with van der Waals surface area (Å²) in [5.74, 6) is -2.03. The van der Waals surface area contributed by atoms with Gasteiger partial charge in [-0.3, -0.25) is 24.0 Å². The van der Waals surface area contributed by atoms with Crippen LogP contribution in [0.25, 0.3) is 11.1 Å². The Labute approximate surface area is 347 Å². The van der Waals surface area contributed by atoms with Gasteiger partial charge in [0.2, 0.25) is 23.6 Å². The van der Waals surface area contributed by atoms with Crippen LogP contribution in [0.2, 0.25) is 5.02 Å². The SMILES string of the molecule is C[C@H](NC(=O)CNC(=O)[C@H](C)NC(=O)[C@H](CCCCN)NC(=O)[C@H](CCCCN)NC(=O)c1ccc(-c2ccc(Cl)cc2)cc1)B1OC2C[C@@H]3C[C@@H](C3(C)C)[C@]2(C)O1. The van der Waals surface area contributed by atoms with Crippen molar-refractivity contribution in [2.75, 3.05) is 19.6 Å². The number of amides is 5. The molecule has 316 valence electrons. The number of carbonyl (C=O) groups excluding carboxylic acids is 5. The maximum absolute atomic E-state index is 13.7. The lowest BCUT2D eigenvalue weighted by molar-refractivity contribution is -0.199. The van der Waals surface area contributed by atoms with Gasteiger partial charge < -0.3 is 47.4 Å². The van der Waals surface area contributed by atoms with E-state index in [1.54, 1.807) is 24.3 Å². The van der Waals surface area contributed by atoms with Gasteiger partial charge in [0.25, 0.3) is 5.91 Å². The zero-order chi connectivity index (χ0) is 42.2. The van der Waals surface area contributed by atoms with Gasteiger partial charge in [-0.25, -0.2) is 0 Å². The average Bonchev–Trinajstić information content (AvgIpc) is 3.57. The van der Waals surface area contributed by atoms with E-state index in [2.05, 4.69) is 47.4 Å². The zero-order valence-electron chi connectivity index (χ0n) is 34.4. The molecule has 6 rings (SSSR count). The minimum absolute atomic E-state index is 0.0209. The van der Waals surface area contributed by atoms with Crippen molar-refractivity contribution in [3.63, 3.8) is 0 Å². The molecule has 3 aliphatic carbocycles. The standard InChI is InChI=1S/C42H61BClN7O7/c1-25(37(53)47-24-36(52)49-26(2)43-57-35-23-30-22-34(41(30,3)4)42(35,5)58-43)48-39(55)32(10-6-8-20-45)51-40(56)33(11-7-9-21-46)50-38(54)29-14-12-27(13-15-29)28-16-18-31(44)19-17-28/h12-19,25-26,30,32-35H,6-11,20-24,45-46H2,1-5H3,(H,47,53)(H,48,55)(H,49,52)(H,50,54)(H,51,56)/t25-,26-,30-,32-,33-,34-,35?,42-/m0/s1. The Balaban J connectivity index is 1.12. The summed E-state index contributed by atoms with van der Waals surface area (Å²) < 4.78 is 12.7. The van der Waals surface area contributed by atoms with Crippen LogP contribution in [0.3, 0.4) is 0 Å². The van der Waals surface area contributed by atoms with Crippen LogP contribution in [0.4, 0.5) is 0 Å². The molecule has 58 heavy (non-hydrogen) atoms. The largest absolute Gasteiger partial charge is 0.481 e. The van der Waals surface area contributed by atoms with Crippen molar-refractivity contribution >= 4 is 48.3 Å². The van der Waals surface area contributed by atoms with Gasteiger partial charge in [-0.15, -0.1) is 0 Å². The number of hydrogen-bond donors (Lipinski definition) is 7. The van der Waals surface area contributed by atoms with Crippen molar-refractivity contribution in [2.45, 2.75) is 122 Å². The van der Waals surface area contributed by atoms with Crippen LogP contribution in [-0.2, 0) is 28.5 Å². The number of rotatable bonds is 20. The van der Waals surface area contributed by atoms with Crippen LogP contribution in [0.15, 0.2) is 48.5 Å². The first kappa shape index (κ1) is 45.1. The number of nitrogens with one attached hydrogen (secondary N) is 5. The minimum Gasteiger partial charge on any atom is -0.404 e. The fourth-order valence-electron chi connectivity index (χ4n) is 8.68. The summed E-state index contributed by atoms with van der Waals surface area (Å²) in [6.07, 6.45) is 4.94. The van der Waals surface area contributed by atoms with Crippen molar-refractivity contribution in [3.05, 3.63) is 59.1 Å². The van der Waals surface area contributed by atoms with Gasteiger partial charge in [-0.1, -0.05) is 49.7 Å². The van der Waals surface area contributed by atoms with E-state index >= 15 is 0 Å². The average molecular weight is 822 g/mol. The van der Waals surface area contributed by atoms with Crippen molar-refractivity contribution < 1.29 is 33.3 Å². The molecule has 5 amide bonds. The van der Waals surface area contributed by atoms with Crippen LogP contribution in [0.1, 0.15) is 96.3 Å². The van der Waals surface area contributed by atoms with E-state index in [1.807, 2.05) is 31.2 Å². The lowest BCUT2D eigenvalue weighted by Gasteiger charge is -2.64. The molecule has 0 radical (unpaired) electrons. The summed E-state index contributed by atoms with van der Waals surface area (Å²) in [6, 6.07) is 11.4. The van der Waals surface area contributed by atoms with Gasteiger partial charge >= 0.3 is 7.12 Å². The molecule has 2 bridgehead atoms. The van der Waals surface area contributed by atoms with Gasteiger partial charge in [0.1, 0.15) is 18.1 Å². The van der Waals surface area contributed by atoms with Crippen molar-refractivity contribution in [2.24, 2.45) is 28.7 Å². The molecule has 2 aromatic rings. The van der Waals surface area contributed by atoms with Crippen molar-refractivity contribution in [1.82, 2.24) is 26.6 Å². The lowest BCUT2D eigenvalue weighted by Crippen LogP contribution is -2.65. The molecule has 4 aliphatic rings. The third kappa shape index (κ3) is 10.8. The van der Waals surface area contributed by atoms with Crippen LogP contribution in [-0.4, -0.2) is 92.1 Å². The van der Waals surface area contributed by atoms with Crippen LogP contribution >= 0.6 is 11.6 Å². The molecule has 9 N–H and O–H groups in total. The number of hydrogen-bond acceptors (Lipinski definition) is 9. The van der Waals surface area contributed by atoms with Crippen molar-refractivity contribution in [1.29, 1.82) is 0 Å². The summed E-state index contributed by atoms with van der Waals surface area (Å²) >= 11 is 6.02. The first-order valence-electron chi connectivity index (χ1n) is 20.7. The summed E-state index contributed by atoms with van der Waals surface area (Å²) in [5.41, 5.74) is 13.4. The number of nitrogens with two attached hydrogens (primary N) is 2. The van der Waals surface area contributed by atoms with Gasteiger partial charge in [0.15, 0.2) is 0 Å². The Morgan fingerprint density at radius 2 is 1.34 bits per heavy atom. The molecule has 0 aromatic heterocycles. The summed E-state index contributed by atoms with van der Waals surface area (Å²) in [7, 11) is -0.602. The van der Waals surface area contributed by atoms with E-state index in [1.165, 1.54) is 6.92 Å². The summed E-state index contributed by atoms with van der Waals surface area (Å²) in [5, 5.41) is 14.4. The maximum atomic E-state index is 13.7. The Kier molecular flexibility index (Phi) is 15.4. The second-order valence-electron chi connectivity index (χ2n) is 16.9. The highest BCUT2D eigenvalue weighted by Gasteiger charge is 2.68. The Morgan fingerprint density at radius 1 is 0.776 bits per heavy atom. The normalized spacial score (nSPS) is 23.6.